The van der Waals surface area contributed by atoms with E-state index in [1.54, 1.807) is 24.3 Å². The Balaban J connectivity index is 1.77. The largest absolute Gasteiger partial charge is 0.478 e. The number of carboxylic acids is 2. The molecule has 1 aromatic heterocycles. The van der Waals surface area contributed by atoms with Gasteiger partial charge in [0.1, 0.15) is 24.7 Å². The number of aromatic carboxylic acids is 2. The van der Waals surface area contributed by atoms with Gasteiger partial charge in [0.25, 0.3) is 11.5 Å². The number of carbonyl (C=O) groups is 3. The van der Waals surface area contributed by atoms with Crippen molar-refractivity contribution in [2.45, 2.75) is 13.2 Å². The summed E-state index contributed by atoms with van der Waals surface area (Å²) < 4.78 is 0.983. The monoisotopic (exact) mass is 629 g/mol. The summed E-state index contributed by atoms with van der Waals surface area (Å²) in [6.45, 7) is 3.20. The molecule has 1 aliphatic heterocycles. The molecule has 236 valence electrons. The number of rotatable bonds is 10. The van der Waals surface area contributed by atoms with Crippen LogP contribution in [0.3, 0.4) is 0 Å². The molecule has 0 atom stereocenters. The highest BCUT2D eigenvalue weighted by Gasteiger charge is 2.39. The second-order valence-corrected chi connectivity index (χ2v) is 10.4. The number of aromatic amines is 1. The molecular weight excluding hydrogens is 602 g/mol. The molecule has 46 heavy (non-hydrogen) atoms. The maximum Gasteiger partial charge on any atom is 0.335 e. The van der Waals surface area contributed by atoms with Crippen LogP contribution in [0.1, 0.15) is 37.4 Å². The summed E-state index contributed by atoms with van der Waals surface area (Å²) in [7, 11) is 3.72. The van der Waals surface area contributed by atoms with E-state index in [0.717, 1.165) is 15.3 Å². The van der Waals surface area contributed by atoms with Crippen LogP contribution in [0.5, 0.6) is 0 Å². The highest BCUT2D eigenvalue weighted by molar-refractivity contribution is 6.61. The van der Waals surface area contributed by atoms with Gasteiger partial charge in [-0.15, -0.1) is 0 Å². The first-order chi connectivity index (χ1) is 21.9. The second kappa shape index (κ2) is 12.6. The Labute approximate surface area is 259 Å². The summed E-state index contributed by atoms with van der Waals surface area (Å²) >= 11 is 0. The number of hydrogen-bond donors (Lipinski definition) is 5. The molecule has 0 fully saturated rings. The van der Waals surface area contributed by atoms with Gasteiger partial charge in [0, 0.05) is 25.4 Å². The minimum absolute atomic E-state index is 0.0107. The third kappa shape index (κ3) is 5.93. The fourth-order valence-electron chi connectivity index (χ4n) is 4.98. The summed E-state index contributed by atoms with van der Waals surface area (Å²) in [5.74, 6) is -3.53. The van der Waals surface area contributed by atoms with Crippen LogP contribution in [0.2, 0.25) is 0 Å². The van der Waals surface area contributed by atoms with E-state index in [1.165, 1.54) is 36.4 Å². The highest BCUT2D eigenvalue weighted by atomic mass is 17.1. The predicted octanol–water partition coefficient (Wildman–Crippen LogP) is 4.07. The van der Waals surface area contributed by atoms with Crippen LogP contribution < -0.4 is 15.4 Å². The first-order valence-corrected chi connectivity index (χ1v) is 13.5. The zero-order chi connectivity index (χ0) is 33.3. The predicted molar refractivity (Wildman–Crippen MR) is 166 cm³/mol. The van der Waals surface area contributed by atoms with Gasteiger partial charge in [0.2, 0.25) is 0 Å². The van der Waals surface area contributed by atoms with Crippen molar-refractivity contribution >= 4 is 52.0 Å². The van der Waals surface area contributed by atoms with Gasteiger partial charge in [-0.3, -0.25) is 30.1 Å². The van der Waals surface area contributed by atoms with E-state index >= 15 is 0 Å². The second-order valence-electron chi connectivity index (χ2n) is 10.4. The topological polar surface area (TPSA) is 207 Å². The molecule has 0 saturated carbocycles. The van der Waals surface area contributed by atoms with Gasteiger partial charge >= 0.3 is 11.9 Å². The van der Waals surface area contributed by atoms with Crippen LogP contribution in [0.4, 0.5) is 22.9 Å². The maximum absolute atomic E-state index is 14.2. The number of fused-ring (bicyclic) bond motifs is 1. The molecule has 15 nitrogen and oxygen atoms in total. The van der Waals surface area contributed by atoms with Gasteiger partial charge in [0.05, 0.1) is 33.8 Å². The molecule has 2 heterocycles. The lowest BCUT2D eigenvalue weighted by molar-refractivity contribution is -0.253. The molecule has 0 saturated heterocycles. The van der Waals surface area contributed by atoms with Gasteiger partial charge in [-0.25, -0.2) is 29.0 Å². The SMILES string of the molecule is C=C1C(=Nc2ccc(N(C)C)cc2)C(=O)N(c2cc(COO)cc(C(=O)O)c2)c2[nH]n(-c3cc(COO)cc(C(=O)O)c3)c(=O)c21. The van der Waals surface area contributed by atoms with Crippen molar-refractivity contribution in [1.29, 1.82) is 0 Å². The zero-order valence-electron chi connectivity index (χ0n) is 24.4. The Morgan fingerprint density at radius 1 is 0.870 bits per heavy atom. The van der Waals surface area contributed by atoms with Crippen molar-refractivity contribution in [1.82, 2.24) is 9.78 Å². The van der Waals surface area contributed by atoms with Crippen LogP contribution in [0, 0.1) is 0 Å². The van der Waals surface area contributed by atoms with Crippen molar-refractivity contribution in [2.24, 2.45) is 4.99 Å². The Kier molecular flexibility index (Phi) is 8.66. The number of hydrogen-bond acceptors (Lipinski definition) is 10. The van der Waals surface area contributed by atoms with Gasteiger partial charge < -0.3 is 15.1 Å². The van der Waals surface area contributed by atoms with Gasteiger partial charge in [0.15, 0.2) is 0 Å². The van der Waals surface area contributed by atoms with Crippen LogP contribution in [0.15, 0.2) is 77.0 Å². The minimum atomic E-state index is -1.33. The molecule has 0 unspecified atom stereocenters. The quantitative estimate of drug-likeness (QED) is 0.125. The van der Waals surface area contributed by atoms with Crippen LogP contribution >= 0.6 is 0 Å². The number of benzene rings is 3. The highest BCUT2D eigenvalue weighted by Crippen LogP contribution is 2.37. The van der Waals surface area contributed by atoms with E-state index in [9.17, 15) is 29.4 Å². The molecule has 1 aliphatic rings. The van der Waals surface area contributed by atoms with Crippen LogP contribution in [-0.2, 0) is 27.8 Å². The van der Waals surface area contributed by atoms with E-state index in [4.69, 9.17) is 10.5 Å². The number of H-pyrrole nitrogens is 1. The van der Waals surface area contributed by atoms with Crippen molar-refractivity contribution in [3.8, 4) is 5.69 Å². The Morgan fingerprint density at radius 3 is 1.93 bits per heavy atom. The molecule has 15 heteroatoms. The molecular formula is C31H27N5O10. The first-order valence-electron chi connectivity index (χ1n) is 13.5. The number of amides is 1. The smallest absolute Gasteiger partial charge is 0.335 e. The average molecular weight is 630 g/mol. The van der Waals surface area contributed by atoms with Gasteiger partial charge in [-0.1, -0.05) is 6.58 Å². The summed E-state index contributed by atoms with van der Waals surface area (Å²) in [6, 6.07) is 14.6. The molecule has 3 aromatic carbocycles. The van der Waals surface area contributed by atoms with E-state index in [0.29, 0.717) is 5.69 Å². The van der Waals surface area contributed by atoms with Gasteiger partial charge in [-0.2, -0.15) is 0 Å². The minimum Gasteiger partial charge on any atom is -0.478 e. The Morgan fingerprint density at radius 2 is 1.41 bits per heavy atom. The van der Waals surface area contributed by atoms with E-state index < -0.39 is 30.0 Å². The summed E-state index contributed by atoms with van der Waals surface area (Å²) in [4.78, 5) is 67.9. The van der Waals surface area contributed by atoms with Crippen molar-refractivity contribution < 1.29 is 44.9 Å². The Bertz CT molecular complexity index is 1970. The summed E-state index contributed by atoms with van der Waals surface area (Å²) in [5.41, 5.74) is 0.0869. The maximum atomic E-state index is 14.2. The molecule has 0 bridgehead atoms. The summed E-state index contributed by atoms with van der Waals surface area (Å²) in [6.07, 6.45) is 0. The van der Waals surface area contributed by atoms with E-state index in [-0.39, 0.29) is 62.9 Å². The third-order valence-corrected chi connectivity index (χ3v) is 7.12. The first kappa shape index (κ1) is 31.6. The third-order valence-electron chi connectivity index (χ3n) is 7.12. The van der Waals surface area contributed by atoms with E-state index in [2.05, 4.69) is 26.4 Å². The molecule has 5 rings (SSSR count). The zero-order valence-corrected chi connectivity index (χ0v) is 24.4. The number of nitrogens with zero attached hydrogens (tertiary/aromatic N) is 4. The lowest BCUT2D eigenvalue weighted by Gasteiger charge is -2.28. The van der Waals surface area contributed by atoms with Crippen LogP contribution in [-0.4, -0.2) is 68.2 Å². The number of anilines is 3. The fraction of sp³-hybridized carbons (Fsp3) is 0.129. The molecule has 0 radical (unpaired) electrons. The number of aromatic nitrogens is 2. The summed E-state index contributed by atoms with van der Waals surface area (Å²) in [5, 5.41) is 40.3. The van der Waals surface area contributed by atoms with Gasteiger partial charge in [-0.05, 0) is 71.8 Å². The normalized spacial score (nSPS) is 13.7. The number of nitrogens with one attached hydrogen (secondary N) is 1. The molecule has 1 amide bonds. The standard InChI is InChI=1S/C31H27N5O10/c1-16-25-27(33-36(28(25)37)24-11-18(15-46-44)9-20(13-24)31(41)42)35(23-10-17(14-45-43)8-19(12-23)30(39)40)29(38)26(16)32-21-4-6-22(7-5-21)34(2)3/h4-13,33,43-44H,1,14-15H2,2-3H3,(H,39,40)(H,41,42). The number of aliphatic imine (C=N–C) groups is 1. The molecule has 4 aromatic rings. The number of carboxylic acid groups (broad SMARTS) is 2. The van der Waals surface area contributed by atoms with Crippen molar-refractivity contribution in [3.05, 3.63) is 105 Å². The van der Waals surface area contributed by atoms with Crippen LogP contribution in [0.25, 0.3) is 11.3 Å². The lowest BCUT2D eigenvalue weighted by Crippen LogP contribution is -2.39. The number of carbonyl (C=O) groups excluding carboxylic acids is 1. The average Bonchev–Trinajstić information content (AvgIpc) is 3.36. The molecule has 0 aliphatic carbocycles. The Hall–Kier alpha value is -5.87. The lowest BCUT2D eigenvalue weighted by atomic mass is 9.97. The molecule has 0 spiro atoms. The fourth-order valence-corrected chi connectivity index (χ4v) is 4.98. The van der Waals surface area contributed by atoms with Crippen molar-refractivity contribution in [2.75, 3.05) is 23.9 Å². The van der Waals surface area contributed by atoms with E-state index in [1.807, 2.05) is 19.0 Å². The van der Waals surface area contributed by atoms with Crippen molar-refractivity contribution in [3.63, 3.8) is 0 Å². The molecule has 5 N–H and O–H groups in total.